The fraction of sp³-hybridized carbons (Fsp3) is 0.250. The number of hydrogen-bond acceptors (Lipinski definition) is 4. The van der Waals surface area contributed by atoms with E-state index in [1.54, 1.807) is 13.0 Å². The van der Waals surface area contributed by atoms with Crippen LogP contribution < -0.4 is 11.1 Å². The van der Waals surface area contributed by atoms with Crippen molar-refractivity contribution in [3.63, 3.8) is 0 Å². The van der Waals surface area contributed by atoms with Gasteiger partial charge in [0.15, 0.2) is 0 Å². The van der Waals surface area contributed by atoms with Gasteiger partial charge in [-0.1, -0.05) is 0 Å². The van der Waals surface area contributed by atoms with Crippen molar-refractivity contribution in [2.75, 3.05) is 0 Å². The summed E-state index contributed by atoms with van der Waals surface area (Å²) < 4.78 is 0. The minimum absolute atomic E-state index is 0.399. The molecule has 0 aliphatic rings. The Morgan fingerprint density at radius 3 is 2.63 bits per heavy atom. The fourth-order valence-corrected chi connectivity index (χ4v) is 2.24. The van der Waals surface area contributed by atoms with Crippen LogP contribution in [-0.4, -0.2) is 28.9 Å². The zero-order valence-electron chi connectivity index (χ0n) is 10.5. The Balaban J connectivity index is 2.86. The molecule has 0 spiro atoms. The topological polar surface area (TPSA) is 109 Å². The molecule has 0 aromatic carbocycles. The van der Waals surface area contributed by atoms with Crippen LogP contribution in [0.15, 0.2) is 12.1 Å². The van der Waals surface area contributed by atoms with Crippen molar-refractivity contribution in [2.24, 2.45) is 5.73 Å². The van der Waals surface area contributed by atoms with Gasteiger partial charge in [0.05, 0.1) is 4.88 Å². The molecule has 1 rings (SSSR count). The van der Waals surface area contributed by atoms with E-state index in [9.17, 15) is 14.4 Å². The summed E-state index contributed by atoms with van der Waals surface area (Å²) in [5.74, 6) is -2.08. The van der Waals surface area contributed by atoms with Crippen LogP contribution in [0.3, 0.4) is 0 Å². The SMILES string of the molecule is Cc1cc(C(=O)NC(C)C(N)=O)sc1C=CC(=O)O. The molecular formula is C12H14N2O4S. The molecule has 0 aliphatic heterocycles. The zero-order valence-corrected chi connectivity index (χ0v) is 11.3. The van der Waals surface area contributed by atoms with Crippen molar-refractivity contribution >= 4 is 35.2 Å². The molecule has 0 aliphatic carbocycles. The maximum absolute atomic E-state index is 11.8. The number of amides is 2. The lowest BCUT2D eigenvalue weighted by molar-refractivity contribution is -0.131. The maximum atomic E-state index is 11.8. The van der Waals surface area contributed by atoms with E-state index >= 15 is 0 Å². The average molecular weight is 282 g/mol. The summed E-state index contributed by atoms with van der Waals surface area (Å²) in [5.41, 5.74) is 5.84. The van der Waals surface area contributed by atoms with Crippen LogP contribution in [-0.2, 0) is 9.59 Å². The highest BCUT2D eigenvalue weighted by Crippen LogP contribution is 2.23. The number of hydrogen-bond donors (Lipinski definition) is 3. The second-order valence-electron chi connectivity index (χ2n) is 3.93. The average Bonchev–Trinajstić information content (AvgIpc) is 2.67. The van der Waals surface area contributed by atoms with Crippen molar-refractivity contribution in [1.29, 1.82) is 0 Å². The van der Waals surface area contributed by atoms with Gasteiger partial charge in [-0.15, -0.1) is 11.3 Å². The largest absolute Gasteiger partial charge is 0.478 e. The lowest BCUT2D eigenvalue weighted by atomic mass is 10.2. The van der Waals surface area contributed by atoms with E-state index in [0.717, 1.165) is 23.0 Å². The molecule has 102 valence electrons. The van der Waals surface area contributed by atoms with Crippen molar-refractivity contribution in [1.82, 2.24) is 5.32 Å². The predicted octanol–water partition coefficient (Wildman–Crippen LogP) is 0.758. The maximum Gasteiger partial charge on any atom is 0.328 e. The van der Waals surface area contributed by atoms with Gasteiger partial charge in [-0.05, 0) is 31.6 Å². The Labute approximate surface area is 113 Å². The van der Waals surface area contributed by atoms with Gasteiger partial charge in [0.1, 0.15) is 6.04 Å². The van der Waals surface area contributed by atoms with Crippen molar-refractivity contribution in [2.45, 2.75) is 19.9 Å². The van der Waals surface area contributed by atoms with Gasteiger partial charge in [-0.3, -0.25) is 9.59 Å². The van der Waals surface area contributed by atoms with Crippen LogP contribution in [0.25, 0.3) is 6.08 Å². The monoisotopic (exact) mass is 282 g/mol. The van der Waals surface area contributed by atoms with Gasteiger partial charge in [0, 0.05) is 11.0 Å². The van der Waals surface area contributed by atoms with E-state index in [1.165, 1.54) is 13.0 Å². The Bertz CT molecular complexity index is 548. The van der Waals surface area contributed by atoms with Gasteiger partial charge < -0.3 is 16.2 Å². The molecule has 1 aromatic rings. The lowest BCUT2D eigenvalue weighted by Gasteiger charge is -2.08. The summed E-state index contributed by atoms with van der Waals surface area (Å²) in [7, 11) is 0. The standard InChI is InChI=1S/C12H14N2O4S/c1-6-5-9(12(18)14-7(2)11(13)17)19-8(6)3-4-10(15)16/h3-5,7H,1-2H3,(H2,13,17)(H,14,18)(H,15,16). The molecule has 0 bridgehead atoms. The normalized spacial score (nSPS) is 12.3. The first-order valence-electron chi connectivity index (χ1n) is 5.43. The summed E-state index contributed by atoms with van der Waals surface area (Å²) in [6.07, 6.45) is 2.43. The smallest absolute Gasteiger partial charge is 0.328 e. The van der Waals surface area contributed by atoms with Gasteiger partial charge in [0.2, 0.25) is 5.91 Å². The number of primary amides is 1. The van der Waals surface area contributed by atoms with Gasteiger partial charge in [0.25, 0.3) is 5.91 Å². The third kappa shape index (κ3) is 4.22. The second-order valence-corrected chi connectivity index (χ2v) is 5.01. The molecule has 0 fully saturated rings. The first-order chi connectivity index (χ1) is 8.81. The highest BCUT2D eigenvalue weighted by Gasteiger charge is 2.16. The van der Waals surface area contributed by atoms with Crippen LogP contribution in [0.4, 0.5) is 0 Å². The number of carbonyl (C=O) groups is 3. The molecule has 1 heterocycles. The Hall–Kier alpha value is -2.15. The van der Waals surface area contributed by atoms with E-state index in [1.807, 2.05) is 0 Å². The molecule has 2 amide bonds. The van der Waals surface area contributed by atoms with E-state index in [0.29, 0.717) is 9.75 Å². The number of carbonyl (C=O) groups excluding carboxylic acids is 2. The van der Waals surface area contributed by atoms with Crippen LogP contribution in [0.5, 0.6) is 0 Å². The van der Waals surface area contributed by atoms with Crippen LogP contribution in [0.1, 0.15) is 27.0 Å². The molecule has 1 unspecified atom stereocenters. The van der Waals surface area contributed by atoms with E-state index in [2.05, 4.69) is 5.32 Å². The summed E-state index contributed by atoms with van der Waals surface area (Å²) in [6.45, 7) is 3.26. The summed E-state index contributed by atoms with van der Waals surface area (Å²) in [5, 5.41) is 11.0. The lowest BCUT2D eigenvalue weighted by Crippen LogP contribution is -2.41. The Morgan fingerprint density at radius 2 is 2.11 bits per heavy atom. The zero-order chi connectivity index (χ0) is 14.6. The van der Waals surface area contributed by atoms with Gasteiger partial charge in [-0.25, -0.2) is 4.79 Å². The number of carboxylic acid groups (broad SMARTS) is 1. The summed E-state index contributed by atoms with van der Waals surface area (Å²) >= 11 is 1.15. The van der Waals surface area contributed by atoms with Crippen molar-refractivity contribution in [3.8, 4) is 0 Å². The third-order valence-corrected chi connectivity index (χ3v) is 3.53. The molecule has 19 heavy (non-hydrogen) atoms. The molecule has 7 heteroatoms. The number of nitrogens with two attached hydrogens (primary N) is 1. The Morgan fingerprint density at radius 1 is 1.47 bits per heavy atom. The number of nitrogens with one attached hydrogen (secondary N) is 1. The minimum atomic E-state index is -1.05. The molecular weight excluding hydrogens is 268 g/mol. The van der Waals surface area contributed by atoms with Crippen molar-refractivity contribution < 1.29 is 19.5 Å². The van der Waals surface area contributed by atoms with Crippen LogP contribution in [0.2, 0.25) is 0 Å². The summed E-state index contributed by atoms with van der Waals surface area (Å²) in [4.78, 5) is 34.2. The van der Waals surface area contributed by atoms with E-state index < -0.39 is 23.8 Å². The van der Waals surface area contributed by atoms with Gasteiger partial charge >= 0.3 is 5.97 Å². The van der Waals surface area contributed by atoms with Crippen LogP contribution in [0, 0.1) is 6.92 Å². The summed E-state index contributed by atoms with van der Waals surface area (Å²) in [6, 6.07) is 0.878. The number of aryl methyl sites for hydroxylation is 1. The highest BCUT2D eigenvalue weighted by atomic mass is 32.1. The molecule has 6 nitrogen and oxygen atoms in total. The van der Waals surface area contributed by atoms with Crippen LogP contribution >= 0.6 is 11.3 Å². The first-order valence-corrected chi connectivity index (χ1v) is 6.24. The number of thiophene rings is 1. The van der Waals surface area contributed by atoms with Crippen molar-refractivity contribution in [3.05, 3.63) is 27.5 Å². The fourth-order valence-electron chi connectivity index (χ4n) is 1.26. The predicted molar refractivity (Wildman–Crippen MR) is 71.8 cm³/mol. The number of rotatable bonds is 5. The van der Waals surface area contributed by atoms with Gasteiger partial charge in [-0.2, -0.15) is 0 Å². The Kier molecular flexibility index (Phi) is 4.82. The second kappa shape index (κ2) is 6.14. The molecule has 4 N–H and O–H groups in total. The third-order valence-electron chi connectivity index (χ3n) is 2.33. The quantitative estimate of drug-likeness (QED) is 0.692. The van der Waals surface area contributed by atoms with E-state index in [4.69, 9.17) is 10.8 Å². The minimum Gasteiger partial charge on any atom is -0.478 e. The number of aliphatic carboxylic acids is 1. The molecule has 0 saturated heterocycles. The molecule has 0 radical (unpaired) electrons. The molecule has 1 atom stereocenters. The molecule has 1 aromatic heterocycles. The highest BCUT2D eigenvalue weighted by molar-refractivity contribution is 7.15. The van der Waals surface area contributed by atoms with E-state index in [-0.39, 0.29) is 0 Å². The first kappa shape index (κ1) is 14.9. The molecule has 0 saturated carbocycles. The number of carboxylic acids is 1.